The fourth-order valence-electron chi connectivity index (χ4n) is 3.25. The molecular formula is C20H40ClF3OSi. The number of alkyl halides is 3. The smallest absolute Gasteiger partial charge is 0.389 e. The normalized spacial score (nSPS) is 14.5. The summed E-state index contributed by atoms with van der Waals surface area (Å²) in [6, 6.07) is 0.808. The Kier molecular flexibility index (Phi) is 16.4. The van der Waals surface area contributed by atoms with Crippen LogP contribution in [0.3, 0.4) is 0 Å². The SMILES string of the molecule is C[Si](O)(Cl)CCCCCCCCCCCCCCCCCCC(F)(F)F. The number of rotatable bonds is 18. The van der Waals surface area contributed by atoms with Crippen molar-refractivity contribution in [3.8, 4) is 0 Å². The molecule has 26 heavy (non-hydrogen) atoms. The van der Waals surface area contributed by atoms with E-state index in [-0.39, 0.29) is 0 Å². The van der Waals surface area contributed by atoms with Crippen LogP contribution < -0.4 is 0 Å². The molecule has 1 unspecified atom stereocenters. The third-order valence-corrected chi connectivity index (χ3v) is 6.68. The van der Waals surface area contributed by atoms with Gasteiger partial charge in [0.25, 0.3) is 7.63 Å². The van der Waals surface area contributed by atoms with Crippen LogP contribution in [0.2, 0.25) is 12.6 Å². The summed E-state index contributed by atoms with van der Waals surface area (Å²) in [5, 5.41) is 0. The van der Waals surface area contributed by atoms with Gasteiger partial charge in [0, 0.05) is 6.42 Å². The Labute approximate surface area is 164 Å². The van der Waals surface area contributed by atoms with E-state index >= 15 is 0 Å². The molecule has 1 N–H and O–H groups in total. The summed E-state index contributed by atoms with van der Waals surface area (Å²) in [6.07, 6.45) is 13.5. The minimum Gasteiger partial charge on any atom is -0.420 e. The second kappa shape index (κ2) is 16.2. The fraction of sp³-hybridized carbons (Fsp3) is 1.00. The van der Waals surface area contributed by atoms with E-state index in [1.54, 1.807) is 6.55 Å². The van der Waals surface area contributed by atoms with E-state index < -0.39 is 20.2 Å². The minimum absolute atomic E-state index is 0.290. The first-order chi connectivity index (χ1) is 12.2. The quantitative estimate of drug-likeness (QED) is 0.135. The Morgan fingerprint density at radius 1 is 0.615 bits per heavy atom. The summed E-state index contributed by atoms with van der Waals surface area (Å²) in [4.78, 5) is 9.54. The summed E-state index contributed by atoms with van der Waals surface area (Å²) in [5.74, 6) is 0. The van der Waals surface area contributed by atoms with Crippen molar-refractivity contribution < 1.29 is 18.0 Å². The molecule has 0 saturated carbocycles. The molecule has 0 spiro atoms. The van der Waals surface area contributed by atoms with Crippen molar-refractivity contribution in [1.29, 1.82) is 0 Å². The molecule has 1 nitrogen and oxygen atoms in total. The lowest BCUT2D eigenvalue weighted by Gasteiger charge is -2.10. The van der Waals surface area contributed by atoms with Crippen LogP contribution in [0.1, 0.15) is 109 Å². The lowest BCUT2D eigenvalue weighted by Crippen LogP contribution is -2.20. The lowest BCUT2D eigenvalue weighted by atomic mass is 10.0. The monoisotopic (exact) mass is 416 g/mol. The van der Waals surface area contributed by atoms with Crippen LogP contribution in [0.5, 0.6) is 0 Å². The number of hydrogen-bond donors (Lipinski definition) is 1. The van der Waals surface area contributed by atoms with Gasteiger partial charge in [-0.2, -0.15) is 13.2 Å². The predicted octanol–water partition coefficient (Wildman–Crippen LogP) is 8.48. The van der Waals surface area contributed by atoms with Gasteiger partial charge in [-0.05, 0) is 19.0 Å². The van der Waals surface area contributed by atoms with Gasteiger partial charge in [-0.1, -0.05) is 96.3 Å². The van der Waals surface area contributed by atoms with Gasteiger partial charge in [0.2, 0.25) is 0 Å². The van der Waals surface area contributed by atoms with Crippen molar-refractivity contribution in [2.75, 3.05) is 0 Å². The maximum absolute atomic E-state index is 12.0. The molecule has 0 heterocycles. The molecule has 0 rings (SSSR count). The molecule has 0 aliphatic rings. The summed E-state index contributed by atoms with van der Waals surface area (Å²) in [7, 11) is -2.34. The number of unbranched alkanes of at least 4 members (excludes halogenated alkanes) is 15. The van der Waals surface area contributed by atoms with Gasteiger partial charge < -0.3 is 4.80 Å². The van der Waals surface area contributed by atoms with Crippen LogP contribution in [0, 0.1) is 0 Å². The van der Waals surface area contributed by atoms with Crippen molar-refractivity contribution in [2.45, 2.75) is 128 Å². The molecular weight excluding hydrogens is 377 g/mol. The molecule has 0 fully saturated rings. The number of halogens is 4. The molecule has 0 radical (unpaired) electrons. The zero-order chi connectivity index (χ0) is 19.7. The number of hydrogen-bond acceptors (Lipinski definition) is 1. The Bertz CT molecular complexity index is 276. The van der Waals surface area contributed by atoms with Crippen LogP contribution in [0.4, 0.5) is 13.2 Å². The molecule has 0 aliphatic carbocycles. The van der Waals surface area contributed by atoms with E-state index in [0.717, 1.165) is 25.3 Å². The molecule has 0 amide bonds. The largest absolute Gasteiger partial charge is 0.420 e. The highest BCUT2D eigenvalue weighted by molar-refractivity contribution is 7.15. The van der Waals surface area contributed by atoms with E-state index in [1.807, 2.05) is 0 Å². The van der Waals surface area contributed by atoms with Crippen molar-refractivity contribution in [1.82, 2.24) is 0 Å². The summed E-state index contributed by atoms with van der Waals surface area (Å²) >= 11 is 5.88. The van der Waals surface area contributed by atoms with E-state index in [1.165, 1.54) is 70.6 Å². The maximum Gasteiger partial charge on any atom is 0.389 e. The molecule has 0 aromatic carbocycles. The van der Waals surface area contributed by atoms with Crippen LogP contribution in [0.25, 0.3) is 0 Å². The van der Waals surface area contributed by atoms with Crippen molar-refractivity contribution in [3.63, 3.8) is 0 Å². The second-order valence-electron chi connectivity index (χ2n) is 7.91. The Morgan fingerprint density at radius 2 is 0.885 bits per heavy atom. The highest BCUT2D eigenvalue weighted by Gasteiger charge is 2.25. The van der Waals surface area contributed by atoms with Crippen LogP contribution in [-0.4, -0.2) is 18.6 Å². The van der Waals surface area contributed by atoms with Gasteiger partial charge in [-0.15, -0.1) is 11.1 Å². The Balaban J connectivity index is 3.07. The Hall–Kier alpha value is 0.257. The fourth-order valence-corrected chi connectivity index (χ4v) is 4.54. The highest BCUT2D eigenvalue weighted by atomic mass is 35.6. The van der Waals surface area contributed by atoms with Gasteiger partial charge >= 0.3 is 6.18 Å². The van der Waals surface area contributed by atoms with Crippen LogP contribution in [0.15, 0.2) is 0 Å². The lowest BCUT2D eigenvalue weighted by molar-refractivity contribution is -0.135. The molecule has 0 saturated heterocycles. The average molecular weight is 417 g/mol. The first-order valence-electron chi connectivity index (χ1n) is 10.7. The molecule has 0 aliphatic heterocycles. The first-order valence-corrected chi connectivity index (χ1v) is 14.4. The van der Waals surface area contributed by atoms with Crippen LogP contribution >= 0.6 is 11.1 Å². The zero-order valence-corrected chi connectivity index (χ0v) is 18.4. The van der Waals surface area contributed by atoms with E-state index in [9.17, 15) is 18.0 Å². The summed E-state index contributed by atoms with van der Waals surface area (Å²) in [6.45, 7) is 1.78. The third-order valence-electron chi connectivity index (χ3n) is 4.84. The van der Waals surface area contributed by atoms with Crippen molar-refractivity contribution in [2.24, 2.45) is 0 Å². The molecule has 0 bridgehead atoms. The van der Waals surface area contributed by atoms with Crippen molar-refractivity contribution >= 4 is 18.7 Å². The Morgan fingerprint density at radius 3 is 1.15 bits per heavy atom. The average Bonchev–Trinajstić information content (AvgIpc) is 2.51. The minimum atomic E-state index is -3.98. The maximum atomic E-state index is 12.0. The van der Waals surface area contributed by atoms with Gasteiger partial charge in [-0.3, -0.25) is 0 Å². The molecule has 6 heteroatoms. The predicted molar refractivity (Wildman–Crippen MR) is 109 cm³/mol. The zero-order valence-electron chi connectivity index (χ0n) is 16.7. The third kappa shape index (κ3) is 24.3. The topological polar surface area (TPSA) is 20.2 Å². The second-order valence-corrected chi connectivity index (χ2v) is 13.1. The van der Waals surface area contributed by atoms with Gasteiger partial charge in [0.15, 0.2) is 0 Å². The van der Waals surface area contributed by atoms with Crippen molar-refractivity contribution in [3.05, 3.63) is 0 Å². The van der Waals surface area contributed by atoms with E-state index in [0.29, 0.717) is 12.8 Å². The molecule has 1 atom stereocenters. The standard InChI is InChI=1S/C20H40ClF3OSi/c1-26(21,25)19-17-15-13-11-9-7-5-3-2-4-6-8-10-12-14-16-18-20(22,23)24/h25H,2-19H2,1H3. The van der Waals surface area contributed by atoms with Gasteiger partial charge in [-0.25, -0.2) is 0 Å². The van der Waals surface area contributed by atoms with E-state index in [2.05, 4.69) is 0 Å². The van der Waals surface area contributed by atoms with Gasteiger partial charge in [0.1, 0.15) is 0 Å². The molecule has 0 aromatic rings. The van der Waals surface area contributed by atoms with E-state index in [4.69, 9.17) is 11.1 Å². The molecule has 158 valence electrons. The van der Waals surface area contributed by atoms with Crippen LogP contribution in [-0.2, 0) is 0 Å². The summed E-state index contributed by atoms with van der Waals surface area (Å²) in [5.41, 5.74) is 0. The first kappa shape index (κ1) is 26.3. The van der Waals surface area contributed by atoms with Gasteiger partial charge in [0.05, 0.1) is 0 Å². The molecule has 0 aromatic heterocycles. The highest BCUT2D eigenvalue weighted by Crippen LogP contribution is 2.23. The summed E-state index contributed by atoms with van der Waals surface area (Å²) < 4.78 is 35.9.